The molecule has 0 aliphatic heterocycles. The van der Waals surface area contributed by atoms with Crippen LogP contribution in [0.3, 0.4) is 0 Å². The van der Waals surface area contributed by atoms with Gasteiger partial charge in [0.2, 0.25) is 0 Å². The molecule has 1 aliphatic rings. The average molecular weight is 280 g/mol. The quantitative estimate of drug-likeness (QED) is 0.852. The lowest BCUT2D eigenvalue weighted by Gasteiger charge is -2.23. The molecule has 0 amide bonds. The van der Waals surface area contributed by atoms with Gasteiger partial charge in [0.1, 0.15) is 0 Å². The summed E-state index contributed by atoms with van der Waals surface area (Å²) in [5.74, 6) is 0.0905. The van der Waals surface area contributed by atoms with Gasteiger partial charge in [0.15, 0.2) is 15.6 Å². The van der Waals surface area contributed by atoms with Gasteiger partial charge in [-0.3, -0.25) is 4.79 Å². The molecule has 0 spiro atoms. The molecule has 0 heterocycles. The number of benzene rings is 1. The van der Waals surface area contributed by atoms with Crippen LogP contribution in [-0.2, 0) is 16.3 Å². The fourth-order valence-corrected chi connectivity index (χ4v) is 3.56. The number of rotatable bonds is 4. The van der Waals surface area contributed by atoms with E-state index in [4.69, 9.17) is 0 Å². The maximum absolute atomic E-state index is 12.3. The molecule has 1 atom stereocenters. The minimum absolute atomic E-state index is 0.112. The molecule has 1 unspecified atom stereocenters. The lowest BCUT2D eigenvalue weighted by Crippen LogP contribution is -2.26. The highest BCUT2D eigenvalue weighted by Gasteiger charge is 2.28. The Balaban J connectivity index is 2.07. The highest BCUT2D eigenvalue weighted by molar-refractivity contribution is 7.91. The summed E-state index contributed by atoms with van der Waals surface area (Å²) in [7, 11) is -3.05. The van der Waals surface area contributed by atoms with Crippen molar-refractivity contribution in [3.05, 3.63) is 35.4 Å². The van der Waals surface area contributed by atoms with Gasteiger partial charge in [-0.05, 0) is 38.7 Å². The molecule has 104 valence electrons. The van der Waals surface area contributed by atoms with E-state index in [1.54, 1.807) is 13.8 Å². The van der Waals surface area contributed by atoms with Gasteiger partial charge < -0.3 is 0 Å². The smallest absolute Gasteiger partial charge is 0.166 e. The van der Waals surface area contributed by atoms with Crippen molar-refractivity contribution in [1.29, 1.82) is 0 Å². The molecule has 1 aliphatic carbocycles. The fourth-order valence-electron chi connectivity index (χ4n) is 2.48. The maximum atomic E-state index is 12.3. The lowest BCUT2D eigenvalue weighted by atomic mass is 9.81. The maximum Gasteiger partial charge on any atom is 0.166 e. The summed E-state index contributed by atoms with van der Waals surface area (Å²) in [6, 6.07) is 7.63. The van der Waals surface area contributed by atoms with Crippen LogP contribution < -0.4 is 0 Å². The van der Waals surface area contributed by atoms with Gasteiger partial charge >= 0.3 is 0 Å². The van der Waals surface area contributed by atoms with Gasteiger partial charge in [-0.2, -0.15) is 0 Å². The van der Waals surface area contributed by atoms with E-state index in [1.165, 1.54) is 0 Å². The number of hydrogen-bond donors (Lipinski definition) is 0. The van der Waals surface area contributed by atoms with Gasteiger partial charge in [-0.15, -0.1) is 0 Å². The zero-order valence-corrected chi connectivity index (χ0v) is 12.2. The zero-order chi connectivity index (χ0) is 14.0. The number of hydrogen-bond acceptors (Lipinski definition) is 3. The number of aryl methyl sites for hydroxylation is 1. The first-order valence-corrected chi connectivity index (χ1v) is 8.47. The molecule has 0 radical (unpaired) electrons. The van der Waals surface area contributed by atoms with E-state index in [2.05, 4.69) is 0 Å². The Labute approximate surface area is 114 Å². The number of sulfone groups is 1. The Morgan fingerprint density at radius 1 is 1.26 bits per heavy atom. The SMILES string of the molecule is CC(C)S(=O)(=O)CCC1CCc2ccccc2C1=O. The van der Waals surface area contributed by atoms with Crippen LogP contribution in [0, 0.1) is 5.92 Å². The third-order valence-corrected chi connectivity index (χ3v) is 6.13. The van der Waals surface area contributed by atoms with Crippen molar-refractivity contribution < 1.29 is 13.2 Å². The molecule has 0 fully saturated rings. The third kappa shape index (κ3) is 3.06. The summed E-state index contributed by atoms with van der Waals surface area (Å²) < 4.78 is 23.6. The van der Waals surface area contributed by atoms with Crippen LogP contribution in [-0.4, -0.2) is 25.2 Å². The zero-order valence-electron chi connectivity index (χ0n) is 11.4. The second-order valence-electron chi connectivity index (χ2n) is 5.46. The number of carbonyl (C=O) groups excluding carboxylic acids is 1. The molecule has 1 aromatic carbocycles. The molecule has 0 N–H and O–H groups in total. The van der Waals surface area contributed by atoms with Crippen molar-refractivity contribution in [3.63, 3.8) is 0 Å². The molecular weight excluding hydrogens is 260 g/mol. The first kappa shape index (κ1) is 14.3. The number of carbonyl (C=O) groups is 1. The van der Waals surface area contributed by atoms with Gasteiger partial charge in [-0.1, -0.05) is 24.3 Å². The molecule has 0 bridgehead atoms. The monoisotopic (exact) mass is 280 g/mol. The Bertz CT molecular complexity index is 573. The Morgan fingerprint density at radius 3 is 2.63 bits per heavy atom. The van der Waals surface area contributed by atoms with Gasteiger partial charge in [0.05, 0.1) is 11.0 Å². The van der Waals surface area contributed by atoms with Crippen LogP contribution in [0.25, 0.3) is 0 Å². The van der Waals surface area contributed by atoms with Crippen LogP contribution in [0.2, 0.25) is 0 Å². The first-order valence-electron chi connectivity index (χ1n) is 6.75. The van der Waals surface area contributed by atoms with Crippen molar-refractivity contribution in [2.75, 3.05) is 5.75 Å². The summed E-state index contributed by atoms with van der Waals surface area (Å²) in [6.07, 6.45) is 2.09. The topological polar surface area (TPSA) is 51.2 Å². The predicted molar refractivity (Wildman–Crippen MR) is 76.1 cm³/mol. The first-order chi connectivity index (χ1) is 8.92. The van der Waals surface area contributed by atoms with E-state index < -0.39 is 9.84 Å². The molecule has 0 saturated carbocycles. The van der Waals surface area contributed by atoms with Crippen molar-refractivity contribution in [3.8, 4) is 0 Å². The number of ketones is 1. The Morgan fingerprint density at radius 2 is 1.95 bits per heavy atom. The predicted octanol–water partition coefficient (Wildman–Crippen LogP) is 2.65. The molecule has 4 heteroatoms. The van der Waals surface area contributed by atoms with Crippen molar-refractivity contribution in [2.24, 2.45) is 5.92 Å². The molecular formula is C15H20O3S. The molecule has 19 heavy (non-hydrogen) atoms. The molecule has 0 aromatic heterocycles. The van der Waals surface area contributed by atoms with Crippen molar-refractivity contribution in [2.45, 2.75) is 38.4 Å². The normalized spacial score (nSPS) is 19.5. The van der Waals surface area contributed by atoms with Gasteiger partial charge in [-0.25, -0.2) is 8.42 Å². The highest BCUT2D eigenvalue weighted by atomic mass is 32.2. The summed E-state index contributed by atoms with van der Waals surface area (Å²) in [5, 5.41) is -0.363. The standard InChI is InChI=1S/C15H20O3S/c1-11(2)19(17,18)10-9-13-8-7-12-5-3-4-6-14(12)15(13)16/h3-6,11,13H,7-10H2,1-2H3. The second-order valence-corrected chi connectivity index (χ2v) is 8.14. The van der Waals surface area contributed by atoms with Crippen LogP contribution in [0.4, 0.5) is 0 Å². The number of Topliss-reactive ketones (excluding diaryl/α,β-unsaturated/α-hetero) is 1. The van der Waals surface area contributed by atoms with E-state index in [0.717, 1.165) is 24.0 Å². The molecule has 1 aromatic rings. The van der Waals surface area contributed by atoms with E-state index in [-0.39, 0.29) is 22.7 Å². The molecule has 0 saturated heterocycles. The minimum Gasteiger partial charge on any atom is -0.294 e. The Kier molecular flexibility index (Phi) is 4.09. The van der Waals surface area contributed by atoms with Crippen LogP contribution in [0.1, 0.15) is 42.6 Å². The van der Waals surface area contributed by atoms with Crippen LogP contribution in [0.15, 0.2) is 24.3 Å². The Hall–Kier alpha value is -1.16. The summed E-state index contributed by atoms with van der Waals surface area (Å²) in [6.45, 7) is 3.38. The van der Waals surface area contributed by atoms with Crippen LogP contribution in [0.5, 0.6) is 0 Å². The van der Waals surface area contributed by atoms with Crippen LogP contribution >= 0.6 is 0 Å². The van der Waals surface area contributed by atoms with E-state index >= 15 is 0 Å². The third-order valence-electron chi connectivity index (χ3n) is 3.88. The number of fused-ring (bicyclic) bond motifs is 1. The summed E-state index contributed by atoms with van der Waals surface area (Å²) in [4.78, 5) is 12.3. The van der Waals surface area contributed by atoms with Gasteiger partial charge in [0, 0.05) is 11.5 Å². The van der Waals surface area contributed by atoms with E-state index in [0.29, 0.717) is 6.42 Å². The minimum atomic E-state index is -3.05. The fraction of sp³-hybridized carbons (Fsp3) is 0.533. The summed E-state index contributed by atoms with van der Waals surface area (Å²) >= 11 is 0. The van der Waals surface area contributed by atoms with E-state index in [1.807, 2.05) is 24.3 Å². The molecule has 2 rings (SSSR count). The van der Waals surface area contributed by atoms with Crippen molar-refractivity contribution >= 4 is 15.6 Å². The highest BCUT2D eigenvalue weighted by Crippen LogP contribution is 2.28. The lowest BCUT2D eigenvalue weighted by molar-refractivity contribution is 0.0899. The second kappa shape index (κ2) is 5.45. The average Bonchev–Trinajstić information content (AvgIpc) is 2.38. The van der Waals surface area contributed by atoms with E-state index in [9.17, 15) is 13.2 Å². The van der Waals surface area contributed by atoms with Crippen molar-refractivity contribution in [1.82, 2.24) is 0 Å². The molecule has 3 nitrogen and oxygen atoms in total. The summed E-state index contributed by atoms with van der Waals surface area (Å²) in [5.41, 5.74) is 1.87. The largest absolute Gasteiger partial charge is 0.294 e. The van der Waals surface area contributed by atoms with Gasteiger partial charge in [0.25, 0.3) is 0 Å².